The van der Waals surface area contributed by atoms with Crippen LogP contribution in [0.5, 0.6) is 0 Å². The molecule has 3 rings (SSSR count). The Labute approximate surface area is 146 Å². The molecule has 0 bridgehead atoms. The van der Waals surface area contributed by atoms with E-state index in [0.29, 0.717) is 12.5 Å². The van der Waals surface area contributed by atoms with Crippen molar-refractivity contribution in [3.8, 4) is 0 Å². The van der Waals surface area contributed by atoms with Crippen molar-refractivity contribution in [2.75, 3.05) is 19.6 Å². The van der Waals surface area contributed by atoms with Gasteiger partial charge in [0.2, 0.25) is 0 Å². The van der Waals surface area contributed by atoms with E-state index in [1.54, 1.807) is 12.3 Å². The van der Waals surface area contributed by atoms with Crippen LogP contribution in [0.3, 0.4) is 0 Å². The highest BCUT2D eigenvalue weighted by Crippen LogP contribution is 2.19. The lowest BCUT2D eigenvalue weighted by molar-refractivity contribution is 0.0945. The van der Waals surface area contributed by atoms with E-state index >= 15 is 0 Å². The minimum atomic E-state index is -0.361. The first kappa shape index (κ1) is 17.4. The van der Waals surface area contributed by atoms with Crippen LogP contribution in [0.2, 0.25) is 0 Å². The SMILES string of the molecule is CC(C)c1nc(CN2CC[C@H](CNC(=O)c3ccc[nH]c3=O)C2)co1. The van der Waals surface area contributed by atoms with Gasteiger partial charge in [-0.15, -0.1) is 0 Å². The number of hydrogen-bond acceptors (Lipinski definition) is 5. The van der Waals surface area contributed by atoms with Crippen LogP contribution in [0.25, 0.3) is 0 Å². The van der Waals surface area contributed by atoms with Crippen LogP contribution < -0.4 is 10.9 Å². The van der Waals surface area contributed by atoms with Gasteiger partial charge in [-0.05, 0) is 31.0 Å². The molecule has 1 fully saturated rings. The number of pyridine rings is 1. The number of amides is 1. The summed E-state index contributed by atoms with van der Waals surface area (Å²) in [7, 11) is 0. The Morgan fingerprint density at radius 1 is 1.52 bits per heavy atom. The molecule has 0 radical (unpaired) electrons. The molecular formula is C18H24N4O3. The fraction of sp³-hybridized carbons (Fsp3) is 0.500. The maximum atomic E-state index is 12.1. The summed E-state index contributed by atoms with van der Waals surface area (Å²) in [5.41, 5.74) is 0.741. The molecular weight excluding hydrogens is 320 g/mol. The average molecular weight is 344 g/mol. The molecule has 2 aromatic rings. The Morgan fingerprint density at radius 2 is 2.36 bits per heavy atom. The van der Waals surface area contributed by atoms with Gasteiger partial charge in [-0.25, -0.2) is 4.98 Å². The highest BCUT2D eigenvalue weighted by Gasteiger charge is 2.24. The van der Waals surface area contributed by atoms with Gasteiger partial charge in [-0.2, -0.15) is 0 Å². The van der Waals surface area contributed by atoms with Crippen molar-refractivity contribution in [1.82, 2.24) is 20.2 Å². The van der Waals surface area contributed by atoms with Gasteiger partial charge in [0.15, 0.2) is 5.89 Å². The topological polar surface area (TPSA) is 91.2 Å². The van der Waals surface area contributed by atoms with E-state index in [0.717, 1.165) is 37.6 Å². The second kappa shape index (κ2) is 7.65. The minimum absolute atomic E-state index is 0.154. The van der Waals surface area contributed by atoms with Gasteiger partial charge in [0.05, 0.1) is 5.69 Å². The van der Waals surface area contributed by atoms with Gasteiger partial charge >= 0.3 is 0 Å². The number of likely N-dealkylation sites (tertiary alicyclic amines) is 1. The largest absolute Gasteiger partial charge is 0.448 e. The fourth-order valence-corrected chi connectivity index (χ4v) is 3.05. The van der Waals surface area contributed by atoms with Gasteiger partial charge in [0.25, 0.3) is 11.5 Å². The predicted molar refractivity (Wildman–Crippen MR) is 93.4 cm³/mol. The zero-order chi connectivity index (χ0) is 17.8. The molecule has 1 amide bonds. The van der Waals surface area contributed by atoms with E-state index in [9.17, 15) is 9.59 Å². The number of aromatic nitrogens is 2. The van der Waals surface area contributed by atoms with E-state index in [2.05, 4.69) is 34.0 Å². The third-order valence-electron chi connectivity index (χ3n) is 4.43. The van der Waals surface area contributed by atoms with Crippen molar-refractivity contribution < 1.29 is 9.21 Å². The first-order chi connectivity index (χ1) is 12.0. The minimum Gasteiger partial charge on any atom is -0.448 e. The number of rotatable bonds is 6. The molecule has 1 aliphatic rings. The molecule has 0 saturated carbocycles. The lowest BCUT2D eigenvalue weighted by Crippen LogP contribution is -2.34. The summed E-state index contributed by atoms with van der Waals surface area (Å²) in [6.45, 7) is 7.31. The van der Waals surface area contributed by atoms with E-state index in [1.807, 2.05) is 0 Å². The standard InChI is InChI=1S/C18H24N4O3/c1-12(2)18-21-14(11-25-18)10-22-7-5-13(9-22)8-20-17(24)15-4-3-6-19-16(15)23/h3-4,6,11-13H,5,7-10H2,1-2H3,(H,19,23)(H,20,24)/t13-/m1/s1. The molecule has 1 aliphatic heterocycles. The predicted octanol–water partition coefficient (Wildman–Crippen LogP) is 1.74. The Balaban J connectivity index is 1.47. The van der Waals surface area contributed by atoms with Crippen molar-refractivity contribution in [1.29, 1.82) is 0 Å². The van der Waals surface area contributed by atoms with Crippen LogP contribution >= 0.6 is 0 Å². The van der Waals surface area contributed by atoms with Gasteiger partial charge in [0.1, 0.15) is 11.8 Å². The summed E-state index contributed by atoms with van der Waals surface area (Å²) in [5, 5.41) is 2.87. The summed E-state index contributed by atoms with van der Waals surface area (Å²) in [5.74, 6) is 1.11. The van der Waals surface area contributed by atoms with E-state index < -0.39 is 0 Å². The van der Waals surface area contributed by atoms with Gasteiger partial charge < -0.3 is 14.7 Å². The van der Waals surface area contributed by atoms with Crippen molar-refractivity contribution >= 4 is 5.91 Å². The lowest BCUT2D eigenvalue weighted by Gasteiger charge is -2.14. The smallest absolute Gasteiger partial charge is 0.260 e. The summed E-state index contributed by atoms with van der Waals surface area (Å²) in [6, 6.07) is 3.18. The van der Waals surface area contributed by atoms with E-state index in [-0.39, 0.29) is 22.9 Å². The number of nitrogens with one attached hydrogen (secondary N) is 2. The van der Waals surface area contributed by atoms with Crippen molar-refractivity contribution in [3.05, 3.63) is 52.1 Å². The molecule has 7 heteroatoms. The number of H-pyrrole nitrogens is 1. The van der Waals surface area contributed by atoms with Gasteiger partial charge in [-0.3, -0.25) is 14.5 Å². The Kier molecular flexibility index (Phi) is 5.33. The molecule has 2 aromatic heterocycles. The fourth-order valence-electron chi connectivity index (χ4n) is 3.05. The molecule has 0 aliphatic carbocycles. The molecule has 1 saturated heterocycles. The molecule has 0 unspecified atom stereocenters. The molecule has 0 spiro atoms. The molecule has 3 heterocycles. The first-order valence-electron chi connectivity index (χ1n) is 8.65. The Bertz CT molecular complexity index is 780. The molecule has 1 atom stereocenters. The van der Waals surface area contributed by atoms with Crippen LogP contribution in [-0.4, -0.2) is 40.4 Å². The zero-order valence-electron chi connectivity index (χ0n) is 14.6. The van der Waals surface area contributed by atoms with Gasteiger partial charge in [-0.1, -0.05) is 13.8 Å². The molecule has 0 aromatic carbocycles. The summed E-state index contributed by atoms with van der Waals surface area (Å²) < 4.78 is 5.48. The number of carbonyl (C=O) groups excluding carboxylic acids is 1. The Morgan fingerprint density at radius 3 is 3.08 bits per heavy atom. The average Bonchev–Trinajstić information content (AvgIpc) is 3.23. The molecule has 25 heavy (non-hydrogen) atoms. The number of hydrogen-bond donors (Lipinski definition) is 2. The summed E-state index contributed by atoms with van der Waals surface area (Å²) in [4.78, 5) is 33.0. The zero-order valence-corrected chi connectivity index (χ0v) is 14.6. The quantitative estimate of drug-likeness (QED) is 0.833. The van der Waals surface area contributed by atoms with Crippen molar-refractivity contribution in [3.63, 3.8) is 0 Å². The number of nitrogens with zero attached hydrogens (tertiary/aromatic N) is 2. The maximum absolute atomic E-state index is 12.1. The highest BCUT2D eigenvalue weighted by molar-refractivity contribution is 5.93. The van der Waals surface area contributed by atoms with Crippen LogP contribution in [0.1, 0.15) is 48.1 Å². The first-order valence-corrected chi connectivity index (χ1v) is 8.65. The number of aromatic amines is 1. The monoisotopic (exact) mass is 344 g/mol. The van der Waals surface area contributed by atoms with Crippen molar-refractivity contribution in [2.24, 2.45) is 5.92 Å². The third-order valence-corrected chi connectivity index (χ3v) is 4.43. The maximum Gasteiger partial charge on any atom is 0.260 e. The summed E-state index contributed by atoms with van der Waals surface area (Å²) >= 11 is 0. The number of oxazole rings is 1. The van der Waals surface area contributed by atoms with E-state index in [4.69, 9.17) is 4.42 Å². The molecule has 7 nitrogen and oxygen atoms in total. The van der Waals surface area contributed by atoms with Crippen molar-refractivity contribution in [2.45, 2.75) is 32.7 Å². The van der Waals surface area contributed by atoms with Crippen LogP contribution in [0.15, 0.2) is 33.8 Å². The van der Waals surface area contributed by atoms with Crippen LogP contribution in [0, 0.1) is 5.92 Å². The highest BCUT2D eigenvalue weighted by atomic mass is 16.3. The van der Waals surface area contributed by atoms with Crippen LogP contribution in [0.4, 0.5) is 0 Å². The van der Waals surface area contributed by atoms with E-state index in [1.165, 1.54) is 12.3 Å². The third kappa shape index (κ3) is 4.36. The summed E-state index contributed by atoms with van der Waals surface area (Å²) in [6.07, 6.45) is 4.26. The number of carbonyl (C=O) groups is 1. The van der Waals surface area contributed by atoms with Crippen LogP contribution in [-0.2, 0) is 6.54 Å². The second-order valence-electron chi connectivity index (χ2n) is 6.84. The second-order valence-corrected chi connectivity index (χ2v) is 6.84. The molecule has 134 valence electrons. The lowest BCUT2D eigenvalue weighted by atomic mass is 10.1. The normalized spacial score (nSPS) is 18.0. The molecule has 2 N–H and O–H groups in total. The Hall–Kier alpha value is -2.41. The van der Waals surface area contributed by atoms with Gasteiger partial charge in [0, 0.05) is 31.7 Å².